The Morgan fingerprint density at radius 3 is 2.76 bits per heavy atom. The van der Waals surface area contributed by atoms with Crippen molar-refractivity contribution in [1.82, 2.24) is 9.78 Å². The molecular weight excluding hydrogens is 415 g/mol. The third-order valence-corrected chi connectivity index (χ3v) is 6.15. The van der Waals surface area contributed by atoms with Crippen LogP contribution in [0.25, 0.3) is 0 Å². The van der Waals surface area contributed by atoms with Gasteiger partial charge in [0, 0.05) is 11.1 Å². The van der Waals surface area contributed by atoms with Gasteiger partial charge in [-0.2, -0.15) is 5.10 Å². The van der Waals surface area contributed by atoms with Crippen molar-refractivity contribution in [3.8, 4) is 0 Å². The van der Waals surface area contributed by atoms with Gasteiger partial charge in [0.05, 0.1) is 12.2 Å². The highest BCUT2D eigenvalue weighted by Gasteiger charge is 2.46. The van der Waals surface area contributed by atoms with Crippen LogP contribution in [0.1, 0.15) is 12.5 Å². The summed E-state index contributed by atoms with van der Waals surface area (Å²) in [5.74, 6) is -1.10. The third kappa shape index (κ3) is 3.86. The molecule has 29 heavy (non-hydrogen) atoms. The minimum absolute atomic E-state index is 0.160. The average molecular weight is 431 g/mol. The van der Waals surface area contributed by atoms with Crippen LogP contribution >= 0.6 is 23.4 Å². The van der Waals surface area contributed by atoms with Crippen LogP contribution in [-0.4, -0.2) is 26.3 Å². The van der Waals surface area contributed by atoms with Crippen molar-refractivity contribution in [2.24, 2.45) is 0 Å². The van der Waals surface area contributed by atoms with E-state index in [-0.39, 0.29) is 16.7 Å². The third-order valence-electron chi connectivity index (χ3n) is 4.52. The number of nitrogens with one attached hydrogen (secondary N) is 2. The van der Waals surface area contributed by atoms with E-state index in [1.165, 1.54) is 28.6 Å². The SMILES string of the molecule is CC1(C(=O)Nc2nn(Cc3ccc(F)cc3)cc2Cl)Sc2ccccc2NC1=O. The number of amides is 2. The molecule has 0 aliphatic carbocycles. The van der Waals surface area contributed by atoms with E-state index >= 15 is 0 Å². The van der Waals surface area contributed by atoms with E-state index in [9.17, 15) is 14.0 Å². The molecule has 0 radical (unpaired) electrons. The molecule has 2 amide bonds. The van der Waals surface area contributed by atoms with Crippen molar-refractivity contribution in [2.45, 2.75) is 23.1 Å². The first-order valence-corrected chi connectivity index (χ1v) is 9.93. The Hall–Kier alpha value is -2.84. The molecule has 148 valence electrons. The lowest BCUT2D eigenvalue weighted by molar-refractivity contribution is -0.126. The summed E-state index contributed by atoms with van der Waals surface area (Å²) in [7, 11) is 0. The number of hydrogen-bond acceptors (Lipinski definition) is 4. The van der Waals surface area contributed by atoms with Crippen molar-refractivity contribution in [2.75, 3.05) is 10.6 Å². The van der Waals surface area contributed by atoms with Crippen LogP contribution in [0.4, 0.5) is 15.9 Å². The number of carbonyl (C=O) groups is 2. The first-order chi connectivity index (χ1) is 13.8. The molecule has 1 aliphatic heterocycles. The predicted octanol–water partition coefficient (Wildman–Crippen LogP) is 4.17. The van der Waals surface area contributed by atoms with Crippen molar-refractivity contribution < 1.29 is 14.0 Å². The number of anilines is 2. The van der Waals surface area contributed by atoms with Gasteiger partial charge < -0.3 is 10.6 Å². The Bertz CT molecular complexity index is 1100. The van der Waals surface area contributed by atoms with E-state index < -0.39 is 16.6 Å². The van der Waals surface area contributed by atoms with Crippen LogP contribution in [0, 0.1) is 5.82 Å². The van der Waals surface area contributed by atoms with Gasteiger partial charge in [0.25, 0.3) is 5.91 Å². The van der Waals surface area contributed by atoms with Gasteiger partial charge in [-0.1, -0.05) is 47.6 Å². The second-order valence-electron chi connectivity index (χ2n) is 6.69. The molecule has 1 unspecified atom stereocenters. The summed E-state index contributed by atoms with van der Waals surface area (Å²) in [4.78, 5) is 26.3. The van der Waals surface area contributed by atoms with Crippen molar-refractivity contribution in [3.63, 3.8) is 0 Å². The van der Waals surface area contributed by atoms with Crippen LogP contribution in [-0.2, 0) is 16.1 Å². The predicted molar refractivity (Wildman–Crippen MR) is 111 cm³/mol. The summed E-state index contributed by atoms with van der Waals surface area (Å²) in [6.45, 7) is 1.91. The largest absolute Gasteiger partial charge is 0.323 e. The Morgan fingerprint density at radius 2 is 2.00 bits per heavy atom. The summed E-state index contributed by atoms with van der Waals surface area (Å²) in [6.07, 6.45) is 1.56. The zero-order valence-corrected chi connectivity index (χ0v) is 16.9. The molecule has 6 nitrogen and oxygen atoms in total. The van der Waals surface area contributed by atoms with Crippen LogP contribution in [0.15, 0.2) is 59.6 Å². The summed E-state index contributed by atoms with van der Waals surface area (Å²) < 4.78 is 13.2. The molecule has 2 heterocycles. The molecule has 2 aromatic carbocycles. The van der Waals surface area contributed by atoms with Crippen LogP contribution in [0.5, 0.6) is 0 Å². The molecule has 1 aliphatic rings. The summed E-state index contributed by atoms with van der Waals surface area (Å²) in [6, 6.07) is 13.3. The molecule has 2 N–H and O–H groups in total. The molecule has 0 saturated carbocycles. The zero-order valence-electron chi connectivity index (χ0n) is 15.3. The quantitative estimate of drug-likeness (QED) is 0.609. The van der Waals surface area contributed by atoms with Crippen molar-refractivity contribution >= 4 is 46.7 Å². The van der Waals surface area contributed by atoms with E-state index in [2.05, 4.69) is 15.7 Å². The number of hydrogen-bond donors (Lipinski definition) is 2. The fraction of sp³-hybridized carbons (Fsp3) is 0.150. The number of para-hydroxylation sites is 1. The van der Waals surface area contributed by atoms with E-state index in [1.54, 1.807) is 31.3 Å². The van der Waals surface area contributed by atoms with Gasteiger partial charge in [-0.25, -0.2) is 4.39 Å². The summed E-state index contributed by atoms with van der Waals surface area (Å²) in [5.41, 5.74) is 1.50. The highest BCUT2D eigenvalue weighted by atomic mass is 35.5. The van der Waals surface area contributed by atoms with Gasteiger partial charge in [0.15, 0.2) is 10.6 Å². The lowest BCUT2D eigenvalue weighted by Gasteiger charge is -2.31. The van der Waals surface area contributed by atoms with Crippen LogP contribution < -0.4 is 10.6 Å². The molecule has 1 atom stereocenters. The number of fused-ring (bicyclic) bond motifs is 1. The van der Waals surface area contributed by atoms with Crippen LogP contribution in [0.3, 0.4) is 0 Å². The molecule has 0 bridgehead atoms. The lowest BCUT2D eigenvalue weighted by Crippen LogP contribution is -2.49. The van der Waals surface area contributed by atoms with Crippen molar-refractivity contribution in [3.05, 3.63) is 71.1 Å². The Morgan fingerprint density at radius 1 is 1.28 bits per heavy atom. The number of aromatic nitrogens is 2. The molecular formula is C20H16ClFN4O2S. The maximum absolute atomic E-state index is 13.0. The maximum Gasteiger partial charge on any atom is 0.251 e. The standard InChI is InChI=1S/C20H16ClFN4O2S/c1-20(18(27)23-15-4-2-3-5-16(15)29-20)19(28)24-17-14(21)11-26(25-17)10-12-6-8-13(22)9-7-12/h2-9,11H,10H2,1H3,(H,23,27)(H,24,25,28). The fourth-order valence-electron chi connectivity index (χ4n) is 2.88. The summed E-state index contributed by atoms with van der Waals surface area (Å²) >= 11 is 7.39. The van der Waals surface area contributed by atoms with Crippen molar-refractivity contribution in [1.29, 1.82) is 0 Å². The second kappa shape index (κ2) is 7.53. The Kier molecular flexibility index (Phi) is 5.06. The highest BCUT2D eigenvalue weighted by molar-refractivity contribution is 8.02. The number of carbonyl (C=O) groups excluding carboxylic acids is 2. The number of benzene rings is 2. The molecule has 0 fully saturated rings. The van der Waals surface area contributed by atoms with E-state index in [0.29, 0.717) is 12.2 Å². The molecule has 0 spiro atoms. The smallest absolute Gasteiger partial charge is 0.251 e. The molecule has 4 rings (SSSR count). The summed E-state index contributed by atoms with van der Waals surface area (Å²) in [5, 5.41) is 9.94. The first-order valence-electron chi connectivity index (χ1n) is 8.73. The first kappa shape index (κ1) is 19.5. The number of nitrogens with zero attached hydrogens (tertiary/aromatic N) is 2. The minimum Gasteiger partial charge on any atom is -0.323 e. The number of halogens is 2. The second-order valence-corrected chi connectivity index (χ2v) is 8.56. The van der Waals surface area contributed by atoms with Gasteiger partial charge >= 0.3 is 0 Å². The van der Waals surface area contributed by atoms with E-state index in [0.717, 1.165) is 10.5 Å². The van der Waals surface area contributed by atoms with Gasteiger partial charge in [-0.15, -0.1) is 0 Å². The molecule has 9 heteroatoms. The fourth-order valence-corrected chi connectivity index (χ4v) is 4.18. The minimum atomic E-state index is -1.38. The van der Waals surface area contributed by atoms with Gasteiger partial charge in [0.1, 0.15) is 10.8 Å². The molecule has 1 aromatic heterocycles. The average Bonchev–Trinajstić information content (AvgIpc) is 3.03. The monoisotopic (exact) mass is 430 g/mol. The van der Waals surface area contributed by atoms with E-state index in [1.807, 2.05) is 18.2 Å². The van der Waals surface area contributed by atoms with Gasteiger partial charge in [-0.3, -0.25) is 14.3 Å². The number of rotatable bonds is 4. The highest BCUT2D eigenvalue weighted by Crippen LogP contribution is 2.42. The lowest BCUT2D eigenvalue weighted by atomic mass is 10.1. The molecule has 0 saturated heterocycles. The van der Waals surface area contributed by atoms with Crippen LogP contribution in [0.2, 0.25) is 5.02 Å². The Labute approximate surface area is 175 Å². The maximum atomic E-state index is 13.0. The zero-order chi connectivity index (χ0) is 20.6. The van der Waals surface area contributed by atoms with Gasteiger partial charge in [-0.05, 0) is 36.8 Å². The topological polar surface area (TPSA) is 76.0 Å². The van der Waals surface area contributed by atoms with Gasteiger partial charge in [0.2, 0.25) is 5.91 Å². The molecule has 3 aromatic rings. The number of thioether (sulfide) groups is 1. The Balaban J connectivity index is 1.52. The normalized spacial score (nSPS) is 18.1. The van der Waals surface area contributed by atoms with E-state index in [4.69, 9.17) is 11.6 Å².